The normalized spacial score (nSPS) is 17.6. The fourth-order valence-electron chi connectivity index (χ4n) is 2.29. The van der Waals surface area contributed by atoms with Gasteiger partial charge in [0.1, 0.15) is 17.7 Å². The lowest BCUT2D eigenvalue weighted by Gasteiger charge is -2.08. The molecule has 5 heteroatoms. The minimum atomic E-state index is 0.0362. The number of halogens is 1. The number of imidazole rings is 1. The first kappa shape index (κ1) is 11.6. The second-order valence-corrected chi connectivity index (χ2v) is 4.89. The zero-order valence-electron chi connectivity index (χ0n) is 10.1. The van der Waals surface area contributed by atoms with Gasteiger partial charge in [0.05, 0.1) is 5.02 Å². The van der Waals surface area contributed by atoms with Crippen molar-refractivity contribution in [3.63, 3.8) is 0 Å². The van der Waals surface area contributed by atoms with Crippen molar-refractivity contribution < 1.29 is 4.74 Å². The molecule has 0 radical (unpaired) electrons. The molecular formula is C13H14ClN3O. The summed E-state index contributed by atoms with van der Waals surface area (Å²) in [6.07, 6.45) is 4.53. The smallest absolute Gasteiger partial charge is 0.141 e. The lowest BCUT2D eigenvalue weighted by Crippen LogP contribution is -2.24. The number of nitrogens with zero attached hydrogens (tertiary/aromatic N) is 2. The first-order valence-corrected chi connectivity index (χ1v) is 6.23. The Labute approximate surface area is 110 Å². The highest BCUT2D eigenvalue weighted by Gasteiger charge is 2.25. The second-order valence-electron chi connectivity index (χ2n) is 4.49. The molecular weight excluding hydrogens is 250 g/mol. The van der Waals surface area contributed by atoms with Crippen LogP contribution in [0.25, 0.3) is 11.4 Å². The van der Waals surface area contributed by atoms with Crippen molar-refractivity contribution in [2.24, 2.45) is 12.8 Å². The van der Waals surface area contributed by atoms with Gasteiger partial charge in [-0.05, 0) is 12.1 Å². The van der Waals surface area contributed by atoms with Crippen LogP contribution < -0.4 is 10.5 Å². The summed E-state index contributed by atoms with van der Waals surface area (Å²) in [6, 6.07) is 3.97. The summed E-state index contributed by atoms with van der Waals surface area (Å²) in [5.41, 5.74) is 7.75. The Bertz CT molecular complexity index is 594. The van der Waals surface area contributed by atoms with E-state index in [1.54, 1.807) is 6.20 Å². The molecule has 4 nitrogen and oxygen atoms in total. The summed E-state index contributed by atoms with van der Waals surface area (Å²) in [6.45, 7) is 0.503. The predicted octanol–water partition coefficient (Wildman–Crippen LogP) is 2.00. The predicted molar refractivity (Wildman–Crippen MR) is 70.8 cm³/mol. The van der Waals surface area contributed by atoms with E-state index in [0.29, 0.717) is 11.6 Å². The van der Waals surface area contributed by atoms with E-state index in [1.807, 2.05) is 23.9 Å². The lowest BCUT2D eigenvalue weighted by atomic mass is 10.1. The Balaban J connectivity index is 2.06. The first-order chi connectivity index (χ1) is 8.69. The van der Waals surface area contributed by atoms with Crippen LogP contribution in [0, 0.1) is 0 Å². The molecule has 0 amide bonds. The zero-order chi connectivity index (χ0) is 12.7. The molecule has 0 spiro atoms. The molecule has 2 N–H and O–H groups in total. The Kier molecular flexibility index (Phi) is 2.76. The summed E-state index contributed by atoms with van der Waals surface area (Å²) >= 11 is 6.26. The van der Waals surface area contributed by atoms with Gasteiger partial charge in [-0.2, -0.15) is 0 Å². The van der Waals surface area contributed by atoms with Crippen LogP contribution in [-0.4, -0.2) is 22.2 Å². The van der Waals surface area contributed by atoms with Crippen molar-refractivity contribution in [3.8, 4) is 17.1 Å². The number of hydrogen-bond acceptors (Lipinski definition) is 3. The summed E-state index contributed by atoms with van der Waals surface area (Å²) < 4.78 is 7.67. The maximum absolute atomic E-state index is 6.26. The monoisotopic (exact) mass is 263 g/mol. The summed E-state index contributed by atoms with van der Waals surface area (Å²) in [5, 5.41) is 0.626. The van der Waals surface area contributed by atoms with Crippen LogP contribution >= 0.6 is 11.6 Å². The van der Waals surface area contributed by atoms with Crippen LogP contribution in [0.5, 0.6) is 5.75 Å². The molecule has 0 bridgehead atoms. The standard InChI is InChI=1S/C13H14ClN3O/c1-17-3-2-16-13(17)9-4-8-5-10(7-15)18-12(8)11(14)6-9/h2-4,6,10H,5,7,15H2,1H3. The molecule has 1 aliphatic rings. The van der Waals surface area contributed by atoms with Crippen LogP contribution in [0.3, 0.4) is 0 Å². The van der Waals surface area contributed by atoms with E-state index in [1.165, 1.54) is 0 Å². The van der Waals surface area contributed by atoms with Crippen molar-refractivity contribution in [2.45, 2.75) is 12.5 Å². The second kappa shape index (κ2) is 4.30. The Morgan fingerprint density at radius 3 is 3.06 bits per heavy atom. The van der Waals surface area contributed by atoms with Crippen LogP contribution in [-0.2, 0) is 13.5 Å². The number of nitrogens with two attached hydrogens (primary N) is 1. The van der Waals surface area contributed by atoms with E-state index in [4.69, 9.17) is 22.1 Å². The van der Waals surface area contributed by atoms with Crippen molar-refractivity contribution in [1.82, 2.24) is 9.55 Å². The van der Waals surface area contributed by atoms with Gasteiger partial charge in [-0.3, -0.25) is 0 Å². The maximum atomic E-state index is 6.26. The van der Waals surface area contributed by atoms with Gasteiger partial charge in [-0.1, -0.05) is 11.6 Å². The van der Waals surface area contributed by atoms with E-state index in [0.717, 1.165) is 29.1 Å². The molecule has 94 valence electrons. The molecule has 2 heterocycles. The van der Waals surface area contributed by atoms with Gasteiger partial charge in [0, 0.05) is 43.5 Å². The van der Waals surface area contributed by atoms with Crippen LogP contribution in [0.15, 0.2) is 24.5 Å². The minimum absolute atomic E-state index is 0.0362. The number of fused-ring (bicyclic) bond motifs is 1. The molecule has 3 rings (SSSR count). The number of benzene rings is 1. The van der Waals surface area contributed by atoms with E-state index in [9.17, 15) is 0 Å². The lowest BCUT2D eigenvalue weighted by molar-refractivity contribution is 0.241. The van der Waals surface area contributed by atoms with Crippen LogP contribution in [0.4, 0.5) is 0 Å². The van der Waals surface area contributed by atoms with E-state index in [2.05, 4.69) is 11.1 Å². The maximum Gasteiger partial charge on any atom is 0.141 e. The van der Waals surface area contributed by atoms with Gasteiger partial charge >= 0.3 is 0 Å². The average Bonchev–Trinajstić information content (AvgIpc) is 2.94. The third kappa shape index (κ3) is 1.78. The SMILES string of the molecule is Cn1ccnc1-c1cc(Cl)c2c(c1)CC(CN)O2. The zero-order valence-corrected chi connectivity index (χ0v) is 10.8. The molecule has 1 unspecified atom stereocenters. The minimum Gasteiger partial charge on any atom is -0.487 e. The first-order valence-electron chi connectivity index (χ1n) is 5.86. The molecule has 1 aromatic carbocycles. The van der Waals surface area contributed by atoms with Gasteiger partial charge in [0.15, 0.2) is 0 Å². The number of aryl methyl sites for hydroxylation is 1. The Hall–Kier alpha value is -1.52. The number of hydrogen-bond donors (Lipinski definition) is 1. The third-order valence-corrected chi connectivity index (χ3v) is 3.48. The Morgan fingerprint density at radius 2 is 2.39 bits per heavy atom. The topological polar surface area (TPSA) is 53.1 Å². The van der Waals surface area contributed by atoms with E-state index in [-0.39, 0.29) is 6.10 Å². The quantitative estimate of drug-likeness (QED) is 0.902. The third-order valence-electron chi connectivity index (χ3n) is 3.19. The summed E-state index contributed by atoms with van der Waals surface area (Å²) in [4.78, 5) is 4.33. The number of rotatable bonds is 2. The van der Waals surface area contributed by atoms with Crippen molar-refractivity contribution in [3.05, 3.63) is 35.1 Å². The van der Waals surface area contributed by atoms with Crippen LogP contribution in [0.1, 0.15) is 5.56 Å². The highest BCUT2D eigenvalue weighted by atomic mass is 35.5. The van der Waals surface area contributed by atoms with Gasteiger partial charge < -0.3 is 15.0 Å². The van der Waals surface area contributed by atoms with E-state index < -0.39 is 0 Å². The molecule has 0 saturated heterocycles. The van der Waals surface area contributed by atoms with Gasteiger partial charge in [0.25, 0.3) is 0 Å². The molecule has 1 aliphatic heterocycles. The van der Waals surface area contributed by atoms with Crippen LogP contribution in [0.2, 0.25) is 5.02 Å². The summed E-state index contributed by atoms with van der Waals surface area (Å²) in [5.74, 6) is 1.67. The molecule has 1 atom stereocenters. The largest absolute Gasteiger partial charge is 0.487 e. The fourth-order valence-corrected chi connectivity index (χ4v) is 2.58. The molecule has 2 aromatic rings. The number of ether oxygens (including phenoxy) is 1. The number of aromatic nitrogens is 2. The van der Waals surface area contributed by atoms with E-state index >= 15 is 0 Å². The Morgan fingerprint density at radius 1 is 1.56 bits per heavy atom. The van der Waals surface area contributed by atoms with Crippen molar-refractivity contribution in [2.75, 3.05) is 6.54 Å². The molecule has 1 aromatic heterocycles. The van der Waals surface area contributed by atoms with Gasteiger partial charge in [-0.25, -0.2) is 4.98 Å². The highest BCUT2D eigenvalue weighted by Crippen LogP contribution is 2.39. The van der Waals surface area contributed by atoms with Gasteiger partial charge in [0.2, 0.25) is 0 Å². The molecule has 0 fully saturated rings. The molecule has 0 aliphatic carbocycles. The summed E-state index contributed by atoms with van der Waals surface area (Å²) in [7, 11) is 1.96. The fraction of sp³-hybridized carbons (Fsp3) is 0.308. The van der Waals surface area contributed by atoms with Gasteiger partial charge in [-0.15, -0.1) is 0 Å². The average molecular weight is 264 g/mol. The molecule has 0 saturated carbocycles. The highest BCUT2D eigenvalue weighted by molar-refractivity contribution is 6.32. The van der Waals surface area contributed by atoms with Crippen molar-refractivity contribution >= 4 is 11.6 Å². The van der Waals surface area contributed by atoms with Crippen molar-refractivity contribution in [1.29, 1.82) is 0 Å². The molecule has 18 heavy (non-hydrogen) atoms.